The first kappa shape index (κ1) is 37.9. The monoisotopic (exact) mass is 675 g/mol. The summed E-state index contributed by atoms with van der Waals surface area (Å²) in [5.74, 6) is -1.32. The molecule has 13 nitrogen and oxygen atoms in total. The number of hydrogen-bond acceptors (Lipinski definition) is 10. The summed E-state index contributed by atoms with van der Waals surface area (Å²) >= 11 is 1.57. The van der Waals surface area contributed by atoms with Crippen LogP contribution in [0.15, 0.2) is 29.8 Å². The Balaban J connectivity index is 1.46. The van der Waals surface area contributed by atoms with Gasteiger partial charge in [0.25, 0.3) is 0 Å². The standard InChI is InChI=1S/C33H49N5O8S/c1-21-27(47-20-36-21)23-10-8-22(9-11-23)17-35-29(41)25-16-24(39)18-38(25)30(42)28(32(2,3)4)37-26(40)19-45-15-14-44-13-12-34-31(43)46-33(5,6)7/h8-11,20,24-25,28,39H,12-19H2,1-7H3,(H,34,43)(H,35,41)(H,37,40). The number of ether oxygens (including phenoxy) is 3. The molecule has 1 aromatic heterocycles. The van der Waals surface area contributed by atoms with Crippen molar-refractivity contribution in [1.29, 1.82) is 0 Å². The molecule has 3 atom stereocenters. The number of aliphatic hydroxyl groups is 1. The maximum absolute atomic E-state index is 13.8. The van der Waals surface area contributed by atoms with Gasteiger partial charge in [-0.25, -0.2) is 9.78 Å². The minimum absolute atomic E-state index is 0.0150. The predicted octanol–water partition coefficient (Wildman–Crippen LogP) is 2.79. The summed E-state index contributed by atoms with van der Waals surface area (Å²) in [6, 6.07) is 6.00. The molecule has 0 bridgehead atoms. The second-order valence-corrected chi connectivity index (χ2v) is 14.4. The number of aryl methyl sites for hydroxylation is 1. The van der Waals surface area contributed by atoms with E-state index < -0.39 is 47.1 Å². The van der Waals surface area contributed by atoms with Gasteiger partial charge in [0.05, 0.1) is 42.0 Å². The number of carbonyl (C=O) groups is 4. The first-order valence-electron chi connectivity index (χ1n) is 15.7. The van der Waals surface area contributed by atoms with Crippen LogP contribution in [0.2, 0.25) is 0 Å². The van der Waals surface area contributed by atoms with Crippen molar-refractivity contribution in [3.8, 4) is 10.4 Å². The molecule has 4 amide bonds. The Kier molecular flexibility index (Phi) is 13.7. The fourth-order valence-corrected chi connectivity index (χ4v) is 5.72. The largest absolute Gasteiger partial charge is 0.444 e. The lowest BCUT2D eigenvalue weighted by atomic mass is 9.85. The number of benzene rings is 1. The van der Waals surface area contributed by atoms with E-state index in [1.54, 1.807) is 37.6 Å². The highest BCUT2D eigenvalue weighted by atomic mass is 32.1. The molecule has 2 heterocycles. The number of rotatable bonds is 14. The van der Waals surface area contributed by atoms with E-state index in [1.807, 2.05) is 52.0 Å². The van der Waals surface area contributed by atoms with Gasteiger partial charge >= 0.3 is 6.09 Å². The number of β-amino-alcohol motifs (C(OH)–C–C–N with tert-alkyl or cyclic N) is 1. The van der Waals surface area contributed by atoms with E-state index in [2.05, 4.69) is 20.9 Å². The molecule has 0 spiro atoms. The highest BCUT2D eigenvalue weighted by Crippen LogP contribution is 2.28. The molecular weight excluding hydrogens is 626 g/mol. The second kappa shape index (κ2) is 17.0. The summed E-state index contributed by atoms with van der Waals surface area (Å²) in [5, 5.41) is 18.7. The molecule has 1 fully saturated rings. The Morgan fingerprint density at radius 3 is 2.32 bits per heavy atom. The molecule has 0 aliphatic carbocycles. The van der Waals surface area contributed by atoms with Crippen LogP contribution >= 0.6 is 11.3 Å². The van der Waals surface area contributed by atoms with Gasteiger partial charge in [-0.1, -0.05) is 45.0 Å². The van der Waals surface area contributed by atoms with Crippen molar-refractivity contribution in [3.63, 3.8) is 0 Å². The highest BCUT2D eigenvalue weighted by molar-refractivity contribution is 7.13. The van der Waals surface area contributed by atoms with Gasteiger partial charge in [-0.05, 0) is 44.2 Å². The normalized spacial score (nSPS) is 17.2. The average molecular weight is 676 g/mol. The zero-order valence-electron chi connectivity index (χ0n) is 28.4. The molecule has 1 aliphatic heterocycles. The Morgan fingerprint density at radius 1 is 1.02 bits per heavy atom. The van der Waals surface area contributed by atoms with Crippen molar-refractivity contribution in [3.05, 3.63) is 41.0 Å². The molecule has 1 saturated heterocycles. The molecule has 1 aromatic carbocycles. The number of alkyl carbamates (subject to hydrolysis) is 1. The van der Waals surface area contributed by atoms with Gasteiger partial charge in [0.15, 0.2) is 0 Å². The van der Waals surface area contributed by atoms with Crippen molar-refractivity contribution < 1.29 is 38.5 Å². The summed E-state index contributed by atoms with van der Waals surface area (Å²) in [4.78, 5) is 58.2. The number of aromatic nitrogens is 1. The number of likely N-dealkylation sites (tertiary alicyclic amines) is 1. The number of carbonyl (C=O) groups excluding carboxylic acids is 4. The third-order valence-electron chi connectivity index (χ3n) is 7.23. The summed E-state index contributed by atoms with van der Waals surface area (Å²) < 4.78 is 16.0. The summed E-state index contributed by atoms with van der Waals surface area (Å²) in [7, 11) is 0. The van der Waals surface area contributed by atoms with Crippen LogP contribution in [0.1, 0.15) is 59.2 Å². The van der Waals surface area contributed by atoms with Crippen molar-refractivity contribution in [1.82, 2.24) is 25.8 Å². The van der Waals surface area contributed by atoms with Gasteiger partial charge in [-0.15, -0.1) is 11.3 Å². The smallest absolute Gasteiger partial charge is 0.407 e. The number of aliphatic hydroxyl groups excluding tert-OH is 1. The fourth-order valence-electron chi connectivity index (χ4n) is 4.91. The van der Waals surface area contributed by atoms with Crippen LogP contribution in [0.25, 0.3) is 10.4 Å². The van der Waals surface area contributed by atoms with Gasteiger partial charge < -0.3 is 40.2 Å². The molecule has 2 aromatic rings. The number of hydrogen-bond donors (Lipinski definition) is 4. The first-order chi connectivity index (χ1) is 22.0. The molecule has 1 aliphatic rings. The van der Waals surface area contributed by atoms with Crippen LogP contribution in [0.3, 0.4) is 0 Å². The quantitative estimate of drug-likeness (QED) is 0.220. The van der Waals surface area contributed by atoms with E-state index in [0.717, 1.165) is 21.7 Å². The molecule has 47 heavy (non-hydrogen) atoms. The van der Waals surface area contributed by atoms with Gasteiger partial charge in [0.1, 0.15) is 24.3 Å². The Hall–Kier alpha value is -3.59. The summed E-state index contributed by atoms with van der Waals surface area (Å²) in [5.41, 5.74) is 3.44. The molecule has 3 rings (SSSR count). The second-order valence-electron chi connectivity index (χ2n) is 13.5. The van der Waals surface area contributed by atoms with E-state index in [0.29, 0.717) is 0 Å². The van der Waals surface area contributed by atoms with Crippen LogP contribution < -0.4 is 16.0 Å². The van der Waals surface area contributed by atoms with Gasteiger partial charge in [-0.2, -0.15) is 0 Å². The molecule has 260 valence electrons. The van der Waals surface area contributed by atoms with Crippen LogP contribution in [0.4, 0.5) is 4.79 Å². The topological polar surface area (TPSA) is 168 Å². The Morgan fingerprint density at radius 2 is 1.70 bits per heavy atom. The SMILES string of the molecule is Cc1ncsc1-c1ccc(CNC(=O)C2CC(O)CN2C(=O)C(NC(=O)COCCOCCNC(=O)OC(C)(C)C)C(C)(C)C)cc1. The van der Waals surface area contributed by atoms with Crippen molar-refractivity contribution in [2.24, 2.45) is 5.41 Å². The van der Waals surface area contributed by atoms with Gasteiger partial charge in [0.2, 0.25) is 17.7 Å². The zero-order chi connectivity index (χ0) is 34.8. The van der Waals surface area contributed by atoms with Crippen molar-refractivity contribution in [2.45, 2.75) is 85.2 Å². The van der Waals surface area contributed by atoms with Gasteiger partial charge in [-0.3, -0.25) is 14.4 Å². The third-order valence-corrected chi connectivity index (χ3v) is 8.21. The molecule has 0 saturated carbocycles. The van der Waals surface area contributed by atoms with E-state index >= 15 is 0 Å². The van der Waals surface area contributed by atoms with Crippen molar-refractivity contribution in [2.75, 3.05) is 39.5 Å². The lowest BCUT2D eigenvalue weighted by molar-refractivity contribution is -0.144. The van der Waals surface area contributed by atoms with Gasteiger partial charge in [0, 0.05) is 26.1 Å². The number of amides is 4. The summed E-state index contributed by atoms with van der Waals surface area (Å²) in [6.07, 6.45) is -1.30. The van der Waals surface area contributed by atoms with Crippen LogP contribution in [-0.2, 0) is 35.1 Å². The number of nitrogens with zero attached hydrogens (tertiary/aromatic N) is 2. The molecule has 3 unspecified atom stereocenters. The highest BCUT2D eigenvalue weighted by Gasteiger charge is 2.44. The number of nitrogens with one attached hydrogen (secondary N) is 3. The fraction of sp³-hybridized carbons (Fsp3) is 0.606. The maximum Gasteiger partial charge on any atom is 0.407 e. The van der Waals surface area contributed by atoms with E-state index in [1.165, 1.54) is 4.90 Å². The minimum atomic E-state index is -0.961. The third kappa shape index (κ3) is 12.2. The Labute approximate surface area is 280 Å². The van der Waals surface area contributed by atoms with E-state index in [-0.39, 0.29) is 58.4 Å². The average Bonchev–Trinajstić information content (AvgIpc) is 3.59. The van der Waals surface area contributed by atoms with Crippen LogP contribution in [0.5, 0.6) is 0 Å². The van der Waals surface area contributed by atoms with E-state index in [9.17, 15) is 24.3 Å². The number of thiazole rings is 1. The van der Waals surface area contributed by atoms with E-state index in [4.69, 9.17) is 14.2 Å². The van der Waals surface area contributed by atoms with Crippen LogP contribution in [-0.4, -0.2) is 102 Å². The predicted molar refractivity (Wildman–Crippen MR) is 178 cm³/mol. The molecular formula is C33H49N5O8S. The molecule has 14 heteroatoms. The van der Waals surface area contributed by atoms with Crippen LogP contribution in [0, 0.1) is 12.3 Å². The Bertz CT molecular complexity index is 1350. The lowest BCUT2D eigenvalue weighted by Gasteiger charge is -2.35. The molecule has 0 radical (unpaired) electrons. The maximum atomic E-state index is 13.8. The van der Waals surface area contributed by atoms with Crippen molar-refractivity contribution >= 4 is 35.2 Å². The first-order valence-corrected chi connectivity index (χ1v) is 16.6. The zero-order valence-corrected chi connectivity index (χ0v) is 29.2. The summed E-state index contributed by atoms with van der Waals surface area (Å²) in [6.45, 7) is 13.5. The lowest BCUT2D eigenvalue weighted by Crippen LogP contribution is -2.58. The minimum Gasteiger partial charge on any atom is -0.444 e. The molecule has 4 N–H and O–H groups in total.